The van der Waals surface area contributed by atoms with E-state index < -0.39 is 6.09 Å². The molecule has 1 aliphatic heterocycles. The summed E-state index contributed by atoms with van der Waals surface area (Å²) in [5, 5.41) is 14.0. The van der Waals surface area contributed by atoms with Gasteiger partial charge in [0, 0.05) is 35.1 Å². The minimum atomic E-state index is -0.929. The van der Waals surface area contributed by atoms with Crippen molar-refractivity contribution in [1.29, 1.82) is 0 Å². The van der Waals surface area contributed by atoms with Crippen LogP contribution in [0.25, 0.3) is 22.6 Å². The van der Waals surface area contributed by atoms with Gasteiger partial charge < -0.3 is 20.1 Å². The Bertz CT molecular complexity index is 1490. The van der Waals surface area contributed by atoms with Crippen LogP contribution in [0.1, 0.15) is 29.7 Å². The van der Waals surface area contributed by atoms with Crippen LogP contribution in [-0.4, -0.2) is 46.1 Å². The van der Waals surface area contributed by atoms with Gasteiger partial charge in [-0.15, -0.1) is 0 Å². The van der Waals surface area contributed by atoms with Crippen LogP contribution in [-0.2, 0) is 11.4 Å². The number of hydrogen-bond acceptors (Lipinski definition) is 4. The summed E-state index contributed by atoms with van der Waals surface area (Å²) in [6.07, 6.45) is 2.04. The lowest BCUT2D eigenvalue weighted by Gasteiger charge is -2.30. The minimum absolute atomic E-state index is 0.0984. The van der Waals surface area contributed by atoms with Gasteiger partial charge in [0.2, 0.25) is 0 Å². The standard InChI is InChI=1S/C31H28ClN3O4/c32-24-10-5-21(6-11-24)19-28(30(36)34-25-15-17-35(18-16-25)31(37)38)22-8-13-27(14-9-22)39-20-26-12-7-23-3-1-2-4-29(23)33-26/h1-14,19,25H,15-18,20H2,(H,34,36)(H,37,38)/b28-19+. The van der Waals surface area contributed by atoms with Gasteiger partial charge in [-0.05, 0) is 66.4 Å². The molecular formula is C31H28ClN3O4. The molecule has 0 radical (unpaired) electrons. The van der Waals surface area contributed by atoms with E-state index in [1.165, 1.54) is 4.90 Å². The molecule has 0 saturated carbocycles. The van der Waals surface area contributed by atoms with E-state index in [0.717, 1.165) is 27.7 Å². The third-order valence-corrected chi connectivity index (χ3v) is 6.99. The summed E-state index contributed by atoms with van der Waals surface area (Å²) in [5.74, 6) is 0.453. The fourth-order valence-electron chi connectivity index (χ4n) is 4.56. The van der Waals surface area contributed by atoms with Gasteiger partial charge in [0.25, 0.3) is 5.91 Å². The molecule has 2 amide bonds. The molecule has 198 valence electrons. The van der Waals surface area contributed by atoms with Gasteiger partial charge in [-0.25, -0.2) is 9.78 Å². The van der Waals surface area contributed by atoms with Crippen LogP contribution in [0.5, 0.6) is 5.75 Å². The second-order valence-electron chi connectivity index (χ2n) is 9.44. The number of ether oxygens (including phenoxy) is 1. The highest BCUT2D eigenvalue weighted by Gasteiger charge is 2.24. The molecule has 1 saturated heterocycles. The molecule has 8 heteroatoms. The topological polar surface area (TPSA) is 91.8 Å². The Kier molecular flexibility index (Phi) is 8.08. The zero-order valence-corrected chi connectivity index (χ0v) is 22.0. The molecule has 2 N–H and O–H groups in total. The molecule has 1 aliphatic rings. The Balaban J connectivity index is 1.30. The first-order valence-corrected chi connectivity index (χ1v) is 13.2. The zero-order chi connectivity index (χ0) is 27.2. The average Bonchev–Trinajstić information content (AvgIpc) is 2.96. The van der Waals surface area contributed by atoms with E-state index in [2.05, 4.69) is 10.3 Å². The van der Waals surface area contributed by atoms with Crippen molar-refractivity contribution in [1.82, 2.24) is 15.2 Å². The molecule has 39 heavy (non-hydrogen) atoms. The monoisotopic (exact) mass is 541 g/mol. The number of benzene rings is 3. The molecule has 0 atom stereocenters. The number of piperidine rings is 1. The lowest BCUT2D eigenvalue weighted by molar-refractivity contribution is -0.116. The van der Waals surface area contributed by atoms with Crippen molar-refractivity contribution in [3.8, 4) is 5.75 Å². The number of hydrogen-bond donors (Lipinski definition) is 2. The largest absolute Gasteiger partial charge is 0.487 e. The molecule has 0 spiro atoms. The number of halogens is 1. The summed E-state index contributed by atoms with van der Waals surface area (Å²) in [4.78, 5) is 30.7. The van der Waals surface area contributed by atoms with Crippen LogP contribution >= 0.6 is 11.6 Å². The van der Waals surface area contributed by atoms with Crippen molar-refractivity contribution in [3.63, 3.8) is 0 Å². The van der Waals surface area contributed by atoms with Crippen LogP contribution in [0, 0.1) is 0 Å². The van der Waals surface area contributed by atoms with Crippen LogP contribution in [0.3, 0.4) is 0 Å². The van der Waals surface area contributed by atoms with Crippen molar-refractivity contribution in [2.75, 3.05) is 13.1 Å². The Morgan fingerprint density at radius 1 is 0.974 bits per heavy atom. The maximum Gasteiger partial charge on any atom is 0.407 e. The second-order valence-corrected chi connectivity index (χ2v) is 9.87. The van der Waals surface area contributed by atoms with Gasteiger partial charge >= 0.3 is 6.09 Å². The summed E-state index contributed by atoms with van der Waals surface area (Å²) in [7, 11) is 0. The van der Waals surface area contributed by atoms with Gasteiger partial charge in [0.1, 0.15) is 12.4 Å². The number of likely N-dealkylation sites (tertiary alicyclic amines) is 1. The predicted molar refractivity (Wildman–Crippen MR) is 153 cm³/mol. The summed E-state index contributed by atoms with van der Waals surface area (Å²) in [6.45, 7) is 1.12. The minimum Gasteiger partial charge on any atom is -0.487 e. The van der Waals surface area contributed by atoms with Gasteiger partial charge in [-0.1, -0.05) is 60.1 Å². The summed E-state index contributed by atoms with van der Waals surface area (Å²) in [5.41, 5.74) is 3.83. The van der Waals surface area contributed by atoms with E-state index in [1.807, 2.05) is 78.9 Å². The van der Waals surface area contributed by atoms with E-state index in [1.54, 1.807) is 12.1 Å². The number of para-hydroxylation sites is 1. The molecule has 4 aromatic rings. The van der Waals surface area contributed by atoms with Crippen LogP contribution in [0.2, 0.25) is 5.02 Å². The number of nitrogens with one attached hydrogen (secondary N) is 1. The molecule has 0 unspecified atom stereocenters. The Morgan fingerprint density at radius 3 is 2.41 bits per heavy atom. The second kappa shape index (κ2) is 12.0. The zero-order valence-electron chi connectivity index (χ0n) is 21.2. The van der Waals surface area contributed by atoms with Crippen LogP contribution < -0.4 is 10.1 Å². The number of carbonyl (C=O) groups is 2. The van der Waals surface area contributed by atoms with Crippen molar-refractivity contribution in [2.24, 2.45) is 0 Å². The van der Waals surface area contributed by atoms with Gasteiger partial charge in [0.15, 0.2) is 0 Å². The van der Waals surface area contributed by atoms with Crippen molar-refractivity contribution in [2.45, 2.75) is 25.5 Å². The van der Waals surface area contributed by atoms with Crippen LogP contribution in [0.4, 0.5) is 4.79 Å². The molecule has 0 aliphatic carbocycles. The van der Waals surface area contributed by atoms with Gasteiger partial charge in [-0.3, -0.25) is 4.79 Å². The summed E-state index contributed by atoms with van der Waals surface area (Å²) < 4.78 is 5.97. The Hall–Kier alpha value is -4.36. The number of amides is 2. The molecule has 7 nitrogen and oxygen atoms in total. The number of carboxylic acid groups (broad SMARTS) is 1. The maximum atomic E-state index is 13.4. The third-order valence-electron chi connectivity index (χ3n) is 6.73. The van der Waals surface area contributed by atoms with E-state index in [9.17, 15) is 14.7 Å². The van der Waals surface area contributed by atoms with E-state index in [0.29, 0.717) is 48.9 Å². The number of aromatic nitrogens is 1. The summed E-state index contributed by atoms with van der Waals surface area (Å²) in [6, 6.07) is 26.5. The quantitative estimate of drug-likeness (QED) is 0.213. The first-order valence-electron chi connectivity index (χ1n) is 12.8. The highest BCUT2D eigenvalue weighted by Crippen LogP contribution is 2.24. The average molecular weight is 542 g/mol. The molecule has 1 aromatic heterocycles. The molecular weight excluding hydrogens is 514 g/mol. The molecule has 1 fully saturated rings. The smallest absolute Gasteiger partial charge is 0.407 e. The highest BCUT2D eigenvalue weighted by molar-refractivity contribution is 6.30. The van der Waals surface area contributed by atoms with E-state index >= 15 is 0 Å². The normalized spacial score (nSPS) is 14.3. The summed E-state index contributed by atoms with van der Waals surface area (Å²) >= 11 is 6.05. The van der Waals surface area contributed by atoms with Crippen molar-refractivity contribution in [3.05, 3.63) is 107 Å². The van der Waals surface area contributed by atoms with Gasteiger partial charge in [0.05, 0.1) is 11.2 Å². The lowest BCUT2D eigenvalue weighted by Crippen LogP contribution is -2.46. The number of carbonyl (C=O) groups excluding carboxylic acids is 1. The lowest BCUT2D eigenvalue weighted by atomic mass is 9.99. The molecule has 3 aromatic carbocycles. The Labute approximate surface area is 231 Å². The van der Waals surface area contributed by atoms with E-state index in [-0.39, 0.29) is 11.9 Å². The number of fused-ring (bicyclic) bond motifs is 1. The fraction of sp³-hybridized carbons (Fsp3) is 0.194. The first kappa shape index (κ1) is 26.3. The third kappa shape index (κ3) is 6.75. The maximum absolute atomic E-state index is 13.4. The Morgan fingerprint density at radius 2 is 1.69 bits per heavy atom. The first-order chi connectivity index (χ1) is 18.9. The van der Waals surface area contributed by atoms with Crippen molar-refractivity contribution >= 4 is 46.2 Å². The molecule has 0 bridgehead atoms. The number of rotatable bonds is 7. The van der Waals surface area contributed by atoms with E-state index in [4.69, 9.17) is 16.3 Å². The van der Waals surface area contributed by atoms with Crippen molar-refractivity contribution < 1.29 is 19.4 Å². The SMILES string of the molecule is O=C(NC1CCN(C(=O)O)CC1)/C(=C/c1ccc(Cl)cc1)c1ccc(OCc2ccc3ccccc3n2)cc1. The predicted octanol–water partition coefficient (Wildman–Crippen LogP) is 6.27. The van der Waals surface area contributed by atoms with Crippen LogP contribution in [0.15, 0.2) is 84.9 Å². The number of pyridine rings is 1. The highest BCUT2D eigenvalue weighted by atomic mass is 35.5. The molecule has 2 heterocycles. The van der Waals surface area contributed by atoms with Gasteiger partial charge in [-0.2, -0.15) is 0 Å². The number of nitrogens with zero attached hydrogens (tertiary/aromatic N) is 2. The fourth-order valence-corrected chi connectivity index (χ4v) is 4.69. The molecule has 5 rings (SSSR count).